The molecule has 4 rings (SSSR count). The van der Waals surface area contributed by atoms with Gasteiger partial charge in [-0.15, -0.1) is 0 Å². The quantitative estimate of drug-likeness (QED) is 0.199. The number of rotatable bonds is 14. The fraction of sp³-hybridized carbons (Fsp3) is 0.323. The van der Waals surface area contributed by atoms with Crippen LogP contribution in [0.1, 0.15) is 61.0 Å². The molecular weight excluding hydrogens is 495 g/mol. The second kappa shape index (κ2) is 14.4. The van der Waals surface area contributed by atoms with Crippen LogP contribution in [0.5, 0.6) is 0 Å². The summed E-state index contributed by atoms with van der Waals surface area (Å²) in [5.74, 6) is 0.748. The SMILES string of the molecule is CCCCN(CCC(=O)NCCC(c1ccccc1)c1ccccc1)c1nc(Cc2ccc(F)cc2)ns1. The number of nitrogens with zero attached hydrogens (tertiary/aromatic N) is 3. The highest BCUT2D eigenvalue weighted by Crippen LogP contribution is 2.27. The molecule has 3 aromatic carbocycles. The van der Waals surface area contributed by atoms with Gasteiger partial charge in [0.05, 0.1) is 0 Å². The predicted molar refractivity (Wildman–Crippen MR) is 153 cm³/mol. The molecular formula is C31H35FN4OS. The first-order valence-corrected chi connectivity index (χ1v) is 14.1. The van der Waals surface area contributed by atoms with Crippen LogP contribution >= 0.6 is 11.5 Å². The van der Waals surface area contributed by atoms with Gasteiger partial charge in [-0.2, -0.15) is 4.37 Å². The molecule has 7 heteroatoms. The van der Waals surface area contributed by atoms with Crippen molar-refractivity contribution in [2.24, 2.45) is 0 Å². The van der Waals surface area contributed by atoms with Crippen molar-refractivity contribution >= 4 is 22.6 Å². The van der Waals surface area contributed by atoms with E-state index in [0.29, 0.717) is 25.9 Å². The predicted octanol–water partition coefficient (Wildman–Crippen LogP) is 6.60. The number of benzene rings is 3. The monoisotopic (exact) mass is 530 g/mol. The van der Waals surface area contributed by atoms with Crippen LogP contribution in [0.15, 0.2) is 84.9 Å². The maximum absolute atomic E-state index is 13.2. The molecule has 0 aliphatic carbocycles. The van der Waals surface area contributed by atoms with Gasteiger partial charge in [-0.05, 0) is 41.7 Å². The van der Waals surface area contributed by atoms with E-state index in [4.69, 9.17) is 4.98 Å². The topological polar surface area (TPSA) is 58.1 Å². The summed E-state index contributed by atoms with van der Waals surface area (Å²) in [7, 11) is 0. The van der Waals surface area contributed by atoms with Crippen molar-refractivity contribution in [3.8, 4) is 0 Å². The summed E-state index contributed by atoms with van der Waals surface area (Å²) < 4.78 is 17.7. The molecule has 0 bridgehead atoms. The fourth-order valence-corrected chi connectivity index (χ4v) is 5.20. The van der Waals surface area contributed by atoms with Crippen LogP contribution in [0.25, 0.3) is 0 Å². The maximum atomic E-state index is 13.2. The van der Waals surface area contributed by atoms with E-state index in [1.54, 1.807) is 12.1 Å². The fourth-order valence-electron chi connectivity index (χ4n) is 4.46. The number of carbonyl (C=O) groups is 1. The van der Waals surface area contributed by atoms with Gasteiger partial charge in [-0.25, -0.2) is 9.37 Å². The van der Waals surface area contributed by atoms with Crippen LogP contribution < -0.4 is 10.2 Å². The third kappa shape index (κ3) is 8.21. The molecule has 0 fully saturated rings. The van der Waals surface area contributed by atoms with Crippen LogP contribution in [0.2, 0.25) is 0 Å². The van der Waals surface area contributed by atoms with Gasteiger partial charge < -0.3 is 10.2 Å². The summed E-state index contributed by atoms with van der Waals surface area (Å²) in [6, 6.07) is 27.3. The number of halogens is 1. The molecule has 0 saturated heterocycles. The second-order valence-electron chi connectivity index (χ2n) is 9.40. The van der Waals surface area contributed by atoms with Crippen LogP contribution in [0.3, 0.4) is 0 Å². The first kappa shape index (κ1) is 27.5. The van der Waals surface area contributed by atoms with E-state index in [0.717, 1.165) is 42.3 Å². The van der Waals surface area contributed by atoms with Gasteiger partial charge in [0.25, 0.3) is 0 Å². The molecule has 0 atom stereocenters. The molecule has 0 spiro atoms. The highest BCUT2D eigenvalue weighted by Gasteiger charge is 2.16. The molecule has 5 nitrogen and oxygen atoms in total. The number of carbonyl (C=O) groups excluding carboxylic acids is 1. The lowest BCUT2D eigenvalue weighted by molar-refractivity contribution is -0.120. The standard InChI is InChI=1S/C31H35FN4OS/c1-2-3-21-36(31-34-29(35-38-31)23-24-14-16-27(32)17-15-24)22-19-30(37)33-20-18-28(25-10-6-4-7-11-25)26-12-8-5-9-13-26/h4-17,28H,2-3,18-23H2,1H3,(H,33,37). The van der Waals surface area contributed by atoms with Crippen molar-refractivity contribution in [2.45, 2.75) is 44.9 Å². The summed E-state index contributed by atoms with van der Waals surface area (Å²) in [4.78, 5) is 19.7. The third-order valence-electron chi connectivity index (χ3n) is 6.55. The Morgan fingerprint density at radius 3 is 2.24 bits per heavy atom. The van der Waals surface area contributed by atoms with Gasteiger partial charge in [0, 0.05) is 49.9 Å². The molecule has 198 valence electrons. The Hall–Kier alpha value is -3.58. The Balaban J connectivity index is 1.30. The van der Waals surface area contributed by atoms with Crippen molar-refractivity contribution < 1.29 is 9.18 Å². The molecule has 0 radical (unpaired) electrons. The van der Waals surface area contributed by atoms with Crippen molar-refractivity contribution in [3.05, 3.63) is 113 Å². The zero-order valence-corrected chi connectivity index (χ0v) is 22.7. The first-order valence-electron chi connectivity index (χ1n) is 13.3. The average molecular weight is 531 g/mol. The maximum Gasteiger partial charge on any atom is 0.221 e. The zero-order chi connectivity index (χ0) is 26.6. The lowest BCUT2D eigenvalue weighted by Crippen LogP contribution is -2.32. The molecule has 4 aromatic rings. The Morgan fingerprint density at radius 2 is 1.61 bits per heavy atom. The molecule has 1 aromatic heterocycles. The van der Waals surface area contributed by atoms with E-state index >= 15 is 0 Å². The van der Waals surface area contributed by atoms with Gasteiger partial charge in [-0.3, -0.25) is 4.79 Å². The van der Waals surface area contributed by atoms with Gasteiger partial charge in [-0.1, -0.05) is 86.1 Å². The van der Waals surface area contributed by atoms with Crippen LogP contribution in [-0.4, -0.2) is 34.9 Å². The smallest absolute Gasteiger partial charge is 0.221 e. The van der Waals surface area contributed by atoms with E-state index in [1.165, 1.54) is 34.8 Å². The Morgan fingerprint density at radius 1 is 0.947 bits per heavy atom. The van der Waals surface area contributed by atoms with Gasteiger partial charge >= 0.3 is 0 Å². The molecule has 1 heterocycles. The van der Waals surface area contributed by atoms with Crippen LogP contribution in [0.4, 0.5) is 9.52 Å². The van der Waals surface area contributed by atoms with Crippen LogP contribution in [-0.2, 0) is 11.2 Å². The first-order chi connectivity index (χ1) is 18.6. The van der Waals surface area contributed by atoms with Crippen molar-refractivity contribution in [3.63, 3.8) is 0 Å². The van der Waals surface area contributed by atoms with Crippen molar-refractivity contribution in [2.75, 3.05) is 24.5 Å². The minimum Gasteiger partial charge on any atom is -0.356 e. The number of nitrogens with one attached hydrogen (secondary N) is 1. The lowest BCUT2D eigenvalue weighted by atomic mass is 9.88. The van der Waals surface area contributed by atoms with E-state index in [2.05, 4.69) is 70.0 Å². The number of unbranched alkanes of at least 4 members (excludes halogenated alkanes) is 1. The molecule has 38 heavy (non-hydrogen) atoms. The summed E-state index contributed by atoms with van der Waals surface area (Å²) in [5.41, 5.74) is 3.48. The molecule has 0 saturated carbocycles. The second-order valence-corrected chi connectivity index (χ2v) is 10.1. The summed E-state index contributed by atoms with van der Waals surface area (Å²) in [6.45, 7) is 4.20. The summed E-state index contributed by atoms with van der Waals surface area (Å²) >= 11 is 1.36. The Bertz CT molecular complexity index is 1210. The van der Waals surface area contributed by atoms with Gasteiger partial charge in [0.1, 0.15) is 11.6 Å². The number of hydrogen-bond donors (Lipinski definition) is 1. The molecule has 1 N–H and O–H groups in total. The normalized spacial score (nSPS) is 11.0. The average Bonchev–Trinajstić information content (AvgIpc) is 3.41. The zero-order valence-electron chi connectivity index (χ0n) is 21.9. The summed E-state index contributed by atoms with van der Waals surface area (Å²) in [6.07, 6.45) is 3.87. The molecule has 0 aliphatic heterocycles. The molecule has 0 aliphatic rings. The third-order valence-corrected chi connectivity index (χ3v) is 7.37. The van der Waals surface area contributed by atoms with E-state index in [1.807, 2.05) is 12.1 Å². The van der Waals surface area contributed by atoms with Gasteiger partial charge in [0.2, 0.25) is 11.0 Å². The summed E-state index contributed by atoms with van der Waals surface area (Å²) in [5, 5.41) is 3.96. The van der Waals surface area contributed by atoms with Crippen molar-refractivity contribution in [1.82, 2.24) is 14.7 Å². The number of anilines is 1. The Labute approximate surface area is 228 Å². The van der Waals surface area contributed by atoms with Crippen molar-refractivity contribution in [1.29, 1.82) is 0 Å². The minimum atomic E-state index is -0.250. The van der Waals surface area contributed by atoms with E-state index in [-0.39, 0.29) is 17.6 Å². The largest absolute Gasteiger partial charge is 0.356 e. The van der Waals surface area contributed by atoms with E-state index < -0.39 is 0 Å². The number of aromatic nitrogens is 2. The van der Waals surface area contributed by atoms with Gasteiger partial charge in [0.15, 0.2) is 0 Å². The highest BCUT2D eigenvalue weighted by atomic mass is 32.1. The Kier molecular flexibility index (Phi) is 10.4. The van der Waals surface area contributed by atoms with Crippen LogP contribution in [0, 0.1) is 5.82 Å². The molecule has 0 unspecified atom stereocenters. The van der Waals surface area contributed by atoms with E-state index in [9.17, 15) is 9.18 Å². The molecule has 1 amide bonds. The number of hydrogen-bond acceptors (Lipinski definition) is 5. The highest BCUT2D eigenvalue weighted by molar-refractivity contribution is 7.09. The number of amides is 1. The minimum absolute atomic E-state index is 0.0439. The lowest BCUT2D eigenvalue weighted by Gasteiger charge is -2.21.